The van der Waals surface area contributed by atoms with E-state index in [0.717, 1.165) is 0 Å². The Morgan fingerprint density at radius 3 is 1.43 bits per heavy atom. The third-order valence-corrected chi connectivity index (χ3v) is 0.232. The van der Waals surface area contributed by atoms with Crippen LogP contribution < -0.4 is 0 Å². The van der Waals surface area contributed by atoms with Gasteiger partial charge in [-0.2, -0.15) is 0 Å². The second kappa shape index (κ2) is 3.59. The molecule has 0 spiro atoms. The second-order valence-electron chi connectivity index (χ2n) is 0.715. The van der Waals surface area contributed by atoms with Gasteiger partial charge in [0.05, 0.1) is 0 Å². The average molecular weight is 179 g/mol. The van der Waals surface area contributed by atoms with Crippen molar-refractivity contribution in [2.45, 2.75) is 6.16 Å². The Hall–Kier alpha value is 1.59. The van der Waals surface area contributed by atoms with E-state index in [-0.39, 0.29) is 57.1 Å². The van der Waals surface area contributed by atoms with Crippen molar-refractivity contribution in [2.24, 2.45) is 0 Å². The van der Waals surface area contributed by atoms with E-state index in [0.29, 0.717) is 0 Å². The zero-order valence-corrected chi connectivity index (χ0v) is 6.43. The molecule has 0 atom stereocenters. The maximum absolute atomic E-state index is 7.74. The van der Waals surface area contributed by atoms with Crippen LogP contribution in [0.1, 0.15) is 2.85 Å². The van der Waals surface area contributed by atoms with Crippen molar-refractivity contribution in [3.05, 3.63) is 0 Å². The molecule has 0 amide bonds. The fourth-order valence-electron chi connectivity index (χ4n) is 0.0373. The molecule has 0 radical (unpaired) electrons. The van der Waals surface area contributed by atoms with Gasteiger partial charge in [-0.3, -0.25) is 0 Å². The van der Waals surface area contributed by atoms with Crippen LogP contribution in [0.4, 0.5) is 0 Å². The Bertz CT molecular complexity index is 56.5. The van der Waals surface area contributed by atoms with E-state index in [4.69, 9.17) is 10.2 Å². The number of hydrogen-bond acceptors (Lipinski definition) is 4. The first kappa shape index (κ1) is 11.4. The molecule has 1 saturated heterocycles. The van der Waals surface area contributed by atoms with Crippen molar-refractivity contribution in [2.75, 3.05) is 0 Å². The summed E-state index contributed by atoms with van der Waals surface area (Å²) in [5.74, 6) is 0. The Balaban J connectivity index is -0.0000000312. The van der Waals surface area contributed by atoms with Gasteiger partial charge < -0.3 is 13.1 Å². The van der Waals surface area contributed by atoms with Gasteiger partial charge in [-0.25, -0.2) is 0 Å². The normalized spacial score (nSPS) is 21.4. The first-order chi connectivity index (χ1) is 2.21. The molecule has 4 nitrogen and oxygen atoms in total. The third-order valence-electron chi connectivity index (χ3n) is 0.232. The van der Waals surface area contributed by atoms with E-state index in [9.17, 15) is 0 Å². The van der Waals surface area contributed by atoms with Crippen LogP contribution >= 0.6 is 0 Å². The van der Waals surface area contributed by atoms with Crippen LogP contribution in [0.25, 0.3) is 0 Å². The van der Waals surface area contributed by atoms with Crippen molar-refractivity contribution in [1.82, 2.24) is 0 Å². The molecular formula is CH4CaNiO4. The fraction of sp³-hybridized carbons (Fsp3) is 1.00. The molecule has 0 aliphatic carbocycles. The predicted octanol–water partition coefficient (Wildman–Crippen LogP) is -1.61. The summed E-state index contributed by atoms with van der Waals surface area (Å²) in [4.78, 5) is 7.01. The molecule has 0 aromatic carbocycles. The van der Waals surface area contributed by atoms with E-state index < -0.39 is 6.16 Å². The summed E-state index contributed by atoms with van der Waals surface area (Å²) < 4.78 is 0. The van der Waals surface area contributed by atoms with Crippen LogP contribution in [0.15, 0.2) is 0 Å². The number of rotatable bonds is 0. The summed E-state index contributed by atoms with van der Waals surface area (Å²) in [6.45, 7) is 0. The van der Waals surface area contributed by atoms with Crippen LogP contribution in [0.2, 0.25) is 0 Å². The van der Waals surface area contributed by atoms with E-state index in [1.165, 1.54) is 0 Å². The minimum Gasteiger partial charge on any atom is -1.00 e. The standard InChI is InChI=1S/CH2O4.Ca.Ni.2H/c2-1(3)4-5-1;;;;/h2-3H;;;;/q;+2;;2*-1. The van der Waals surface area contributed by atoms with E-state index in [1.54, 1.807) is 0 Å². The molecule has 0 aromatic heterocycles. The molecule has 0 unspecified atom stereocenters. The van der Waals surface area contributed by atoms with Crippen LogP contribution in [-0.4, -0.2) is 54.1 Å². The summed E-state index contributed by atoms with van der Waals surface area (Å²) in [5, 5.41) is 15.5. The molecule has 1 fully saturated rings. The first-order valence-corrected chi connectivity index (χ1v) is 1.02. The minimum atomic E-state index is -2.25. The second-order valence-corrected chi connectivity index (χ2v) is 0.715. The zero-order valence-electron chi connectivity index (χ0n) is 5.23. The van der Waals surface area contributed by atoms with Crippen molar-refractivity contribution in [3.63, 3.8) is 0 Å². The Morgan fingerprint density at radius 2 is 1.43 bits per heavy atom. The summed E-state index contributed by atoms with van der Waals surface area (Å²) >= 11 is 0. The van der Waals surface area contributed by atoms with Gasteiger partial charge >= 0.3 is 43.9 Å². The van der Waals surface area contributed by atoms with Crippen molar-refractivity contribution < 1.29 is 39.3 Å². The van der Waals surface area contributed by atoms with Gasteiger partial charge in [0.2, 0.25) is 0 Å². The summed E-state index contributed by atoms with van der Waals surface area (Å²) in [5.41, 5.74) is 0. The molecule has 1 rings (SSSR count). The first-order valence-electron chi connectivity index (χ1n) is 1.02. The zero-order chi connectivity index (χ0) is 3.91. The third kappa shape index (κ3) is 5.46. The van der Waals surface area contributed by atoms with Crippen molar-refractivity contribution >= 4 is 37.7 Å². The quantitative estimate of drug-likeness (QED) is 0.203. The van der Waals surface area contributed by atoms with Crippen LogP contribution in [0, 0.1) is 0 Å². The Labute approximate surface area is 82.6 Å². The topological polar surface area (TPSA) is 65.5 Å². The summed E-state index contributed by atoms with van der Waals surface area (Å²) in [7, 11) is 0. The van der Waals surface area contributed by atoms with Gasteiger partial charge in [-0.15, -0.1) is 9.78 Å². The molecule has 1 aliphatic heterocycles. The van der Waals surface area contributed by atoms with E-state index in [2.05, 4.69) is 9.78 Å². The number of aliphatic hydroxyl groups is 2. The van der Waals surface area contributed by atoms with E-state index in [1.807, 2.05) is 0 Å². The molecule has 1 aliphatic rings. The van der Waals surface area contributed by atoms with Gasteiger partial charge in [0.15, 0.2) is 0 Å². The van der Waals surface area contributed by atoms with Crippen molar-refractivity contribution in [1.29, 1.82) is 0 Å². The molecule has 0 saturated carbocycles. The molecule has 0 aromatic rings. The van der Waals surface area contributed by atoms with Gasteiger partial charge in [-0.05, 0) is 0 Å². The molecular weight excluding hydrogens is 175 g/mol. The van der Waals surface area contributed by atoms with Crippen molar-refractivity contribution in [3.8, 4) is 0 Å². The van der Waals surface area contributed by atoms with Crippen LogP contribution in [0.5, 0.6) is 0 Å². The minimum absolute atomic E-state index is 0. The SMILES string of the molecule is OC1(O)OO1.[Ca+2].[H-].[H-].[Ni]. The molecule has 1 heterocycles. The fourth-order valence-corrected chi connectivity index (χ4v) is 0.0373. The van der Waals surface area contributed by atoms with Crippen LogP contribution in [-0.2, 0) is 26.3 Å². The Kier molecular flexibility index (Phi) is 5.84. The molecule has 6 heteroatoms. The van der Waals surface area contributed by atoms with Gasteiger partial charge in [-0.1, -0.05) is 0 Å². The smallest absolute Gasteiger partial charge is 1.00 e. The number of hydrogen-bond donors (Lipinski definition) is 2. The monoisotopic (exact) mass is 178 g/mol. The van der Waals surface area contributed by atoms with Crippen LogP contribution in [0.3, 0.4) is 0 Å². The maximum Gasteiger partial charge on any atom is 2.00 e. The maximum atomic E-state index is 7.74. The van der Waals surface area contributed by atoms with E-state index >= 15 is 0 Å². The Morgan fingerprint density at radius 1 is 1.29 bits per heavy atom. The molecule has 7 heavy (non-hydrogen) atoms. The van der Waals surface area contributed by atoms with Gasteiger partial charge in [0, 0.05) is 16.5 Å². The molecule has 2 N–H and O–H groups in total. The average Bonchev–Trinajstić information content (AvgIpc) is 1.76. The largest absolute Gasteiger partial charge is 2.00 e. The van der Waals surface area contributed by atoms with Gasteiger partial charge in [0.25, 0.3) is 0 Å². The molecule has 0 bridgehead atoms. The summed E-state index contributed by atoms with van der Waals surface area (Å²) in [6, 6.07) is 0. The molecule has 44 valence electrons. The predicted molar refractivity (Wildman–Crippen MR) is 17.3 cm³/mol. The summed E-state index contributed by atoms with van der Waals surface area (Å²) in [6.07, 6.45) is -2.25. The van der Waals surface area contributed by atoms with Gasteiger partial charge in [0.1, 0.15) is 0 Å².